The van der Waals surface area contributed by atoms with Crippen molar-refractivity contribution in [3.05, 3.63) is 23.5 Å². The Labute approximate surface area is 101 Å². The lowest BCUT2D eigenvalue weighted by molar-refractivity contribution is 0.0756. The summed E-state index contributed by atoms with van der Waals surface area (Å²) in [7, 11) is 0. The smallest absolute Gasteiger partial charge is 0.267 e. The number of ether oxygens (including phenoxy) is 1. The van der Waals surface area contributed by atoms with Crippen LogP contribution in [0.5, 0.6) is 0 Å². The molecule has 1 rings (SSSR count). The number of aldehydes is 1. The summed E-state index contributed by atoms with van der Waals surface area (Å²) >= 11 is 0. The highest BCUT2D eigenvalue weighted by Crippen LogP contribution is 2.00. The number of aromatic amines is 1. The number of hydrogen-bond acceptors (Lipinski definition) is 3. The number of aromatic nitrogens is 1. The Balaban J connectivity index is 2.23. The standard InChI is InChI=1S/C12H18N2O3/c1-9(2)17-5-3-4-13-12(16)11-6-10(8-15)7-14-11/h6-9,14H,3-5H2,1-2H3,(H,13,16). The molecule has 0 atom stereocenters. The molecule has 94 valence electrons. The van der Waals surface area contributed by atoms with Crippen molar-refractivity contribution in [1.82, 2.24) is 10.3 Å². The van der Waals surface area contributed by atoms with Crippen LogP contribution in [0.1, 0.15) is 41.1 Å². The summed E-state index contributed by atoms with van der Waals surface area (Å²) in [5.41, 5.74) is 0.871. The van der Waals surface area contributed by atoms with Crippen LogP contribution < -0.4 is 5.32 Å². The average molecular weight is 238 g/mol. The molecule has 1 aromatic rings. The van der Waals surface area contributed by atoms with Crippen LogP contribution in [0.4, 0.5) is 0 Å². The zero-order valence-electron chi connectivity index (χ0n) is 10.2. The van der Waals surface area contributed by atoms with E-state index in [4.69, 9.17) is 4.74 Å². The van der Waals surface area contributed by atoms with E-state index in [0.717, 1.165) is 6.42 Å². The largest absolute Gasteiger partial charge is 0.379 e. The highest BCUT2D eigenvalue weighted by atomic mass is 16.5. The van der Waals surface area contributed by atoms with Crippen molar-refractivity contribution in [2.75, 3.05) is 13.2 Å². The van der Waals surface area contributed by atoms with Gasteiger partial charge in [-0.2, -0.15) is 0 Å². The topological polar surface area (TPSA) is 71.2 Å². The minimum atomic E-state index is -0.206. The van der Waals surface area contributed by atoms with Crippen molar-refractivity contribution in [1.29, 1.82) is 0 Å². The Morgan fingerprint density at radius 2 is 2.35 bits per heavy atom. The third kappa shape index (κ3) is 4.82. The van der Waals surface area contributed by atoms with E-state index in [2.05, 4.69) is 10.3 Å². The van der Waals surface area contributed by atoms with Gasteiger partial charge in [-0.15, -0.1) is 0 Å². The van der Waals surface area contributed by atoms with Gasteiger partial charge >= 0.3 is 0 Å². The second-order valence-electron chi connectivity index (χ2n) is 3.99. The Kier molecular flexibility index (Phi) is 5.42. The van der Waals surface area contributed by atoms with Crippen molar-refractivity contribution in [3.63, 3.8) is 0 Å². The van der Waals surface area contributed by atoms with Crippen LogP contribution in [0.2, 0.25) is 0 Å². The van der Waals surface area contributed by atoms with Gasteiger partial charge in [0.1, 0.15) is 5.69 Å². The number of nitrogens with one attached hydrogen (secondary N) is 2. The molecule has 0 aliphatic rings. The molecule has 1 aromatic heterocycles. The quantitative estimate of drug-likeness (QED) is 0.556. The SMILES string of the molecule is CC(C)OCCCNC(=O)c1cc(C=O)c[nH]1. The van der Waals surface area contributed by atoms with Gasteiger partial charge in [-0.1, -0.05) is 0 Å². The third-order valence-electron chi connectivity index (χ3n) is 2.14. The van der Waals surface area contributed by atoms with Gasteiger partial charge in [0.15, 0.2) is 6.29 Å². The predicted molar refractivity (Wildman–Crippen MR) is 64.2 cm³/mol. The molecule has 0 spiro atoms. The van der Waals surface area contributed by atoms with Gasteiger partial charge in [0.25, 0.3) is 5.91 Å². The molecular weight excluding hydrogens is 220 g/mol. The summed E-state index contributed by atoms with van der Waals surface area (Å²) in [6.45, 7) is 5.13. The third-order valence-corrected chi connectivity index (χ3v) is 2.14. The normalized spacial score (nSPS) is 10.5. The highest BCUT2D eigenvalue weighted by molar-refractivity contribution is 5.94. The number of amides is 1. The summed E-state index contributed by atoms with van der Waals surface area (Å²) in [5.74, 6) is -0.206. The van der Waals surface area contributed by atoms with E-state index in [-0.39, 0.29) is 12.0 Å². The molecule has 0 saturated carbocycles. The fourth-order valence-corrected chi connectivity index (χ4v) is 1.30. The van der Waals surface area contributed by atoms with Crippen LogP contribution in [0.3, 0.4) is 0 Å². The van der Waals surface area contributed by atoms with Gasteiger partial charge in [0, 0.05) is 24.9 Å². The molecule has 1 amide bonds. The van der Waals surface area contributed by atoms with Gasteiger partial charge < -0.3 is 15.0 Å². The van der Waals surface area contributed by atoms with Crippen molar-refractivity contribution in [3.8, 4) is 0 Å². The first-order chi connectivity index (χ1) is 8.13. The van der Waals surface area contributed by atoms with Crippen LogP contribution in [0, 0.1) is 0 Å². The molecule has 0 unspecified atom stereocenters. The minimum absolute atomic E-state index is 0.206. The summed E-state index contributed by atoms with van der Waals surface area (Å²) < 4.78 is 5.35. The molecule has 5 heteroatoms. The van der Waals surface area contributed by atoms with Crippen LogP contribution >= 0.6 is 0 Å². The molecule has 2 N–H and O–H groups in total. The molecule has 0 aliphatic heterocycles. The van der Waals surface area contributed by atoms with E-state index < -0.39 is 0 Å². The van der Waals surface area contributed by atoms with Gasteiger partial charge in [-0.25, -0.2) is 0 Å². The Morgan fingerprint density at radius 3 is 2.94 bits per heavy atom. The van der Waals surface area contributed by atoms with E-state index >= 15 is 0 Å². The molecule has 0 saturated heterocycles. The minimum Gasteiger partial charge on any atom is -0.379 e. The van der Waals surface area contributed by atoms with Gasteiger partial charge in [0.2, 0.25) is 0 Å². The van der Waals surface area contributed by atoms with Crippen molar-refractivity contribution >= 4 is 12.2 Å². The molecule has 0 aliphatic carbocycles. The summed E-state index contributed by atoms with van der Waals surface area (Å²) in [6, 6.07) is 1.52. The second-order valence-corrected chi connectivity index (χ2v) is 3.99. The summed E-state index contributed by atoms with van der Waals surface area (Å²) in [6.07, 6.45) is 3.18. The first-order valence-electron chi connectivity index (χ1n) is 5.67. The van der Waals surface area contributed by atoms with E-state index in [1.54, 1.807) is 0 Å². The molecule has 17 heavy (non-hydrogen) atoms. The van der Waals surface area contributed by atoms with E-state index in [1.165, 1.54) is 12.3 Å². The Morgan fingerprint density at radius 1 is 1.59 bits per heavy atom. The maximum Gasteiger partial charge on any atom is 0.267 e. The van der Waals surface area contributed by atoms with Crippen molar-refractivity contribution in [2.24, 2.45) is 0 Å². The van der Waals surface area contributed by atoms with Crippen LogP contribution in [0.15, 0.2) is 12.3 Å². The monoisotopic (exact) mass is 238 g/mol. The highest BCUT2D eigenvalue weighted by Gasteiger charge is 2.07. The number of carbonyl (C=O) groups is 2. The number of rotatable bonds is 7. The fourth-order valence-electron chi connectivity index (χ4n) is 1.30. The van der Waals surface area contributed by atoms with E-state index in [9.17, 15) is 9.59 Å². The molecule has 0 aromatic carbocycles. The lowest BCUT2D eigenvalue weighted by atomic mass is 10.3. The van der Waals surface area contributed by atoms with Gasteiger partial charge in [0.05, 0.1) is 6.10 Å². The maximum absolute atomic E-state index is 11.6. The fraction of sp³-hybridized carbons (Fsp3) is 0.500. The zero-order chi connectivity index (χ0) is 12.7. The number of hydrogen-bond donors (Lipinski definition) is 2. The number of H-pyrrole nitrogens is 1. The molecular formula is C12H18N2O3. The maximum atomic E-state index is 11.6. The summed E-state index contributed by atoms with van der Waals surface area (Å²) in [5, 5.41) is 2.74. The van der Waals surface area contributed by atoms with Crippen LogP contribution in [0.25, 0.3) is 0 Å². The van der Waals surface area contributed by atoms with Gasteiger partial charge in [-0.3, -0.25) is 9.59 Å². The average Bonchev–Trinajstić information content (AvgIpc) is 2.76. The van der Waals surface area contributed by atoms with Crippen molar-refractivity contribution in [2.45, 2.75) is 26.4 Å². The lowest BCUT2D eigenvalue weighted by Crippen LogP contribution is -2.25. The Hall–Kier alpha value is -1.62. The van der Waals surface area contributed by atoms with Crippen molar-refractivity contribution < 1.29 is 14.3 Å². The first-order valence-corrected chi connectivity index (χ1v) is 5.67. The van der Waals surface area contributed by atoms with E-state index in [1.807, 2.05) is 13.8 Å². The zero-order valence-corrected chi connectivity index (χ0v) is 10.2. The van der Waals surface area contributed by atoms with E-state index in [0.29, 0.717) is 30.7 Å². The molecule has 5 nitrogen and oxygen atoms in total. The Bertz CT molecular complexity index is 372. The van der Waals surface area contributed by atoms with Crippen LogP contribution in [-0.2, 0) is 4.74 Å². The van der Waals surface area contributed by atoms with Gasteiger partial charge in [-0.05, 0) is 26.3 Å². The number of carbonyl (C=O) groups excluding carboxylic acids is 2. The molecule has 1 heterocycles. The molecule has 0 bridgehead atoms. The lowest BCUT2D eigenvalue weighted by Gasteiger charge is -2.07. The second kappa shape index (κ2) is 6.85. The molecule has 0 radical (unpaired) electrons. The first kappa shape index (κ1) is 13.4. The van der Waals surface area contributed by atoms with Crippen LogP contribution in [-0.4, -0.2) is 36.4 Å². The summed E-state index contributed by atoms with van der Waals surface area (Å²) in [4.78, 5) is 24.8. The predicted octanol–water partition coefficient (Wildman–Crippen LogP) is 1.37. The molecule has 0 fully saturated rings.